The third-order valence-electron chi connectivity index (χ3n) is 4.15. The van der Waals surface area contributed by atoms with Crippen molar-refractivity contribution in [1.82, 2.24) is 9.97 Å². The smallest absolute Gasteiger partial charge is 0.173 e. The maximum Gasteiger partial charge on any atom is 0.173 e. The number of thioether (sulfide) groups is 1. The van der Waals surface area contributed by atoms with Gasteiger partial charge < -0.3 is 9.72 Å². The predicted molar refractivity (Wildman–Crippen MR) is 106 cm³/mol. The lowest BCUT2D eigenvalue weighted by atomic mass is 10.1. The molecule has 0 atom stereocenters. The second-order valence-corrected chi connectivity index (χ2v) is 6.89. The Bertz CT molecular complexity index is 1090. The molecule has 26 heavy (non-hydrogen) atoms. The van der Waals surface area contributed by atoms with Gasteiger partial charge in [-0.1, -0.05) is 48.2 Å². The summed E-state index contributed by atoms with van der Waals surface area (Å²) < 4.78 is 5.51. The molecular weight excluding hydrogens is 344 g/mol. The summed E-state index contributed by atoms with van der Waals surface area (Å²) >= 11 is 1.42. The molecule has 0 saturated carbocycles. The highest BCUT2D eigenvalue weighted by Crippen LogP contribution is 2.24. The van der Waals surface area contributed by atoms with Gasteiger partial charge in [0, 0.05) is 11.6 Å². The van der Waals surface area contributed by atoms with E-state index in [4.69, 9.17) is 4.74 Å². The van der Waals surface area contributed by atoms with Gasteiger partial charge in [0.1, 0.15) is 5.75 Å². The van der Waals surface area contributed by atoms with E-state index in [1.54, 1.807) is 0 Å². The summed E-state index contributed by atoms with van der Waals surface area (Å²) in [6, 6.07) is 19.6. The van der Waals surface area contributed by atoms with Crippen LogP contribution in [0.5, 0.6) is 5.75 Å². The van der Waals surface area contributed by atoms with Crippen LogP contribution < -0.4 is 4.74 Å². The zero-order chi connectivity index (χ0) is 17.9. The number of imidazole rings is 1. The van der Waals surface area contributed by atoms with Gasteiger partial charge in [0.05, 0.1) is 23.4 Å². The van der Waals surface area contributed by atoms with Crippen LogP contribution in [0, 0.1) is 0 Å². The molecule has 0 unspecified atom stereocenters. The summed E-state index contributed by atoms with van der Waals surface area (Å²) in [7, 11) is 0. The summed E-state index contributed by atoms with van der Waals surface area (Å²) in [5, 5.41) is 2.96. The number of nitrogens with one attached hydrogen (secondary N) is 1. The Morgan fingerprint density at radius 2 is 1.92 bits per heavy atom. The number of carbonyl (C=O) groups excluding carboxylic acids is 1. The Labute approximate surface area is 155 Å². The van der Waals surface area contributed by atoms with Crippen LogP contribution in [0.1, 0.15) is 17.3 Å². The zero-order valence-electron chi connectivity index (χ0n) is 14.4. The van der Waals surface area contributed by atoms with Crippen LogP contribution in [0.25, 0.3) is 21.8 Å². The van der Waals surface area contributed by atoms with Crippen molar-refractivity contribution in [3.63, 3.8) is 0 Å². The largest absolute Gasteiger partial charge is 0.494 e. The molecule has 0 bridgehead atoms. The fourth-order valence-electron chi connectivity index (χ4n) is 2.87. The second-order valence-electron chi connectivity index (χ2n) is 5.93. The number of fused-ring (bicyclic) bond motifs is 2. The van der Waals surface area contributed by atoms with Crippen molar-refractivity contribution in [2.24, 2.45) is 0 Å². The van der Waals surface area contributed by atoms with E-state index in [2.05, 4.69) is 9.97 Å². The summed E-state index contributed by atoms with van der Waals surface area (Å²) in [6.45, 7) is 2.58. The molecule has 1 N–H and O–H groups in total. The number of carbonyl (C=O) groups is 1. The Hall–Kier alpha value is -2.79. The molecule has 3 aromatic carbocycles. The Balaban J connectivity index is 1.48. The van der Waals surface area contributed by atoms with Gasteiger partial charge in [-0.3, -0.25) is 4.79 Å². The summed E-state index contributed by atoms with van der Waals surface area (Å²) in [4.78, 5) is 20.3. The minimum absolute atomic E-state index is 0.0937. The lowest BCUT2D eigenvalue weighted by molar-refractivity contribution is 0.102. The van der Waals surface area contributed by atoms with Crippen LogP contribution in [0.4, 0.5) is 0 Å². The van der Waals surface area contributed by atoms with Gasteiger partial charge in [-0.25, -0.2) is 4.98 Å². The minimum Gasteiger partial charge on any atom is -0.494 e. The topological polar surface area (TPSA) is 55.0 Å². The number of rotatable bonds is 6. The van der Waals surface area contributed by atoms with Crippen LogP contribution in [0.15, 0.2) is 65.8 Å². The number of nitrogens with zero attached hydrogens (tertiary/aromatic N) is 1. The molecule has 130 valence electrons. The van der Waals surface area contributed by atoms with Gasteiger partial charge >= 0.3 is 0 Å². The predicted octanol–water partition coefficient (Wildman–Crippen LogP) is 5.09. The summed E-state index contributed by atoms with van der Waals surface area (Å²) in [5.41, 5.74) is 2.51. The molecule has 0 amide bonds. The van der Waals surface area contributed by atoms with E-state index in [0.717, 1.165) is 38.3 Å². The normalized spacial score (nSPS) is 11.1. The maximum atomic E-state index is 12.5. The summed E-state index contributed by atoms with van der Waals surface area (Å²) in [6.07, 6.45) is 0. The van der Waals surface area contributed by atoms with Crippen LogP contribution in [0.2, 0.25) is 0 Å². The molecule has 0 aliphatic heterocycles. The third kappa shape index (κ3) is 3.44. The Morgan fingerprint density at radius 3 is 2.77 bits per heavy atom. The van der Waals surface area contributed by atoms with Crippen molar-refractivity contribution in [3.8, 4) is 5.75 Å². The lowest BCUT2D eigenvalue weighted by Crippen LogP contribution is -2.02. The average Bonchev–Trinajstić information content (AvgIpc) is 3.08. The van der Waals surface area contributed by atoms with Gasteiger partial charge in [-0.15, -0.1) is 0 Å². The number of aromatic amines is 1. The van der Waals surface area contributed by atoms with Crippen molar-refractivity contribution < 1.29 is 9.53 Å². The number of aromatic nitrogens is 2. The number of H-pyrrole nitrogens is 1. The molecular formula is C21H18N2O2S. The molecule has 1 aromatic heterocycles. The fraction of sp³-hybridized carbons (Fsp3) is 0.143. The number of hydrogen-bond donors (Lipinski definition) is 1. The Morgan fingerprint density at radius 1 is 1.08 bits per heavy atom. The molecule has 0 spiro atoms. The van der Waals surface area contributed by atoms with E-state index in [1.165, 1.54) is 11.8 Å². The van der Waals surface area contributed by atoms with Crippen molar-refractivity contribution >= 4 is 39.4 Å². The first-order chi connectivity index (χ1) is 12.7. The molecule has 4 aromatic rings. The first kappa shape index (κ1) is 16.7. The first-order valence-corrected chi connectivity index (χ1v) is 9.49. The number of ether oxygens (including phenoxy) is 1. The monoisotopic (exact) mass is 362 g/mol. The highest BCUT2D eigenvalue weighted by Gasteiger charge is 2.10. The molecule has 0 aliphatic rings. The molecule has 4 nitrogen and oxygen atoms in total. The second kappa shape index (κ2) is 7.22. The summed E-state index contributed by atoms with van der Waals surface area (Å²) in [5.74, 6) is 1.25. The van der Waals surface area contributed by atoms with E-state index in [0.29, 0.717) is 12.4 Å². The zero-order valence-corrected chi connectivity index (χ0v) is 15.2. The molecule has 0 saturated heterocycles. The highest BCUT2D eigenvalue weighted by atomic mass is 32.2. The quantitative estimate of drug-likeness (QED) is 0.383. The average molecular weight is 362 g/mol. The standard InChI is InChI=1S/C21H18N2O2S/c1-2-25-17-9-10-18-19(12-17)23-21(22-18)26-13-20(24)16-8-7-14-5-3-4-6-15(14)11-16/h3-12H,2,13H2,1H3,(H,22,23). The van der Waals surface area contributed by atoms with Crippen LogP contribution in [-0.4, -0.2) is 28.1 Å². The van der Waals surface area contributed by atoms with E-state index in [-0.39, 0.29) is 5.78 Å². The van der Waals surface area contributed by atoms with Gasteiger partial charge in [0.2, 0.25) is 0 Å². The van der Waals surface area contributed by atoms with E-state index in [9.17, 15) is 4.79 Å². The number of Topliss-reactive ketones (excluding diaryl/α,β-unsaturated/α-hetero) is 1. The number of ketones is 1. The fourth-order valence-corrected chi connectivity index (χ4v) is 3.65. The van der Waals surface area contributed by atoms with Crippen LogP contribution >= 0.6 is 11.8 Å². The van der Waals surface area contributed by atoms with Crippen LogP contribution in [0.3, 0.4) is 0 Å². The Kier molecular flexibility index (Phi) is 4.63. The van der Waals surface area contributed by atoms with Gasteiger partial charge in [-0.05, 0) is 35.9 Å². The van der Waals surface area contributed by atoms with E-state index in [1.807, 2.05) is 67.6 Å². The molecule has 4 rings (SSSR count). The first-order valence-electron chi connectivity index (χ1n) is 8.50. The van der Waals surface area contributed by atoms with Crippen LogP contribution in [-0.2, 0) is 0 Å². The number of benzene rings is 3. The van der Waals surface area contributed by atoms with E-state index < -0.39 is 0 Å². The van der Waals surface area contributed by atoms with Crippen molar-refractivity contribution in [2.75, 3.05) is 12.4 Å². The third-order valence-corrected chi connectivity index (χ3v) is 5.03. The minimum atomic E-state index is 0.0937. The molecule has 0 fully saturated rings. The van der Waals surface area contributed by atoms with E-state index >= 15 is 0 Å². The van der Waals surface area contributed by atoms with Gasteiger partial charge in [0.25, 0.3) is 0 Å². The van der Waals surface area contributed by atoms with Gasteiger partial charge in [0.15, 0.2) is 10.9 Å². The lowest BCUT2D eigenvalue weighted by Gasteiger charge is -2.02. The maximum absolute atomic E-state index is 12.5. The SMILES string of the molecule is CCOc1ccc2nc(SCC(=O)c3ccc4ccccc4c3)[nH]c2c1. The molecule has 0 radical (unpaired) electrons. The van der Waals surface area contributed by atoms with Crippen molar-refractivity contribution in [2.45, 2.75) is 12.1 Å². The molecule has 1 heterocycles. The highest BCUT2D eigenvalue weighted by molar-refractivity contribution is 7.99. The molecule has 5 heteroatoms. The van der Waals surface area contributed by atoms with Crippen molar-refractivity contribution in [1.29, 1.82) is 0 Å². The number of hydrogen-bond acceptors (Lipinski definition) is 4. The molecule has 0 aliphatic carbocycles. The van der Waals surface area contributed by atoms with Crippen molar-refractivity contribution in [3.05, 3.63) is 66.2 Å². The van der Waals surface area contributed by atoms with Gasteiger partial charge in [-0.2, -0.15) is 0 Å².